The molecular weight excluding hydrogens is 406 g/mol. The Hall–Kier alpha value is -3.30. The van der Waals surface area contributed by atoms with Crippen LogP contribution >= 0.6 is 0 Å². The summed E-state index contributed by atoms with van der Waals surface area (Å²) in [6.07, 6.45) is 2.42. The molecule has 164 valence electrons. The fraction of sp³-hybridized carbons (Fsp3) is 0.429. The number of carbonyl (C=O) groups is 1. The Labute approximate surface area is 178 Å². The summed E-state index contributed by atoms with van der Waals surface area (Å²) in [7, 11) is 0. The Morgan fingerprint density at radius 3 is 2.71 bits per heavy atom. The molecule has 1 fully saturated rings. The number of alkyl halides is 2. The largest absolute Gasteiger partial charge is 0.465 e. The highest BCUT2D eigenvalue weighted by Crippen LogP contribution is 2.48. The van der Waals surface area contributed by atoms with Gasteiger partial charge in [0.25, 0.3) is 6.43 Å². The van der Waals surface area contributed by atoms with E-state index in [0.717, 1.165) is 16.2 Å². The lowest BCUT2D eigenvalue weighted by atomic mass is 9.71. The number of fused-ring (bicyclic) bond motifs is 1. The molecule has 1 saturated heterocycles. The van der Waals surface area contributed by atoms with E-state index in [-0.39, 0.29) is 13.0 Å². The molecule has 0 spiro atoms. The van der Waals surface area contributed by atoms with Gasteiger partial charge in [0.15, 0.2) is 0 Å². The molecule has 4 heterocycles. The molecule has 0 saturated carbocycles. The first-order valence-corrected chi connectivity index (χ1v) is 9.93. The molecule has 0 bridgehead atoms. The van der Waals surface area contributed by atoms with Gasteiger partial charge in [0.1, 0.15) is 22.7 Å². The number of rotatable bonds is 4. The number of nitrogens with one attached hydrogen (secondary N) is 1. The van der Waals surface area contributed by atoms with Crippen molar-refractivity contribution in [2.24, 2.45) is 5.41 Å². The van der Waals surface area contributed by atoms with Gasteiger partial charge in [-0.05, 0) is 24.0 Å². The molecule has 0 aliphatic carbocycles. The SMILES string of the molecule is CC(C)(C)[C@]1(C(F)F)C[C@@H](Nc2cncc(-c3cnc4ccccn34)n2)CN1C(=O)O. The molecule has 3 aromatic heterocycles. The third-order valence-corrected chi connectivity index (χ3v) is 6.00. The summed E-state index contributed by atoms with van der Waals surface area (Å²) < 4.78 is 30.4. The van der Waals surface area contributed by atoms with Crippen molar-refractivity contribution in [2.45, 2.75) is 45.2 Å². The van der Waals surface area contributed by atoms with Crippen molar-refractivity contribution < 1.29 is 18.7 Å². The molecule has 1 aliphatic rings. The average Bonchev–Trinajstić information content (AvgIpc) is 3.30. The first kappa shape index (κ1) is 21.0. The first-order valence-electron chi connectivity index (χ1n) is 9.93. The Balaban J connectivity index is 1.63. The lowest BCUT2D eigenvalue weighted by Crippen LogP contribution is -2.60. The van der Waals surface area contributed by atoms with Crippen molar-refractivity contribution in [3.63, 3.8) is 0 Å². The number of carboxylic acid groups (broad SMARTS) is 1. The van der Waals surface area contributed by atoms with E-state index in [9.17, 15) is 18.7 Å². The Kier molecular flexibility index (Phi) is 5.03. The zero-order valence-corrected chi connectivity index (χ0v) is 17.5. The summed E-state index contributed by atoms with van der Waals surface area (Å²) >= 11 is 0. The van der Waals surface area contributed by atoms with Crippen LogP contribution in [0.4, 0.5) is 19.4 Å². The molecule has 0 unspecified atom stereocenters. The van der Waals surface area contributed by atoms with Gasteiger partial charge in [-0.25, -0.2) is 23.5 Å². The number of pyridine rings is 1. The molecule has 8 nitrogen and oxygen atoms in total. The van der Waals surface area contributed by atoms with E-state index in [0.29, 0.717) is 11.5 Å². The van der Waals surface area contributed by atoms with E-state index in [1.165, 1.54) is 6.20 Å². The fourth-order valence-corrected chi connectivity index (χ4v) is 4.41. The summed E-state index contributed by atoms with van der Waals surface area (Å²) in [5, 5.41) is 12.8. The van der Waals surface area contributed by atoms with Gasteiger partial charge in [-0.3, -0.25) is 14.3 Å². The van der Waals surface area contributed by atoms with Crippen LogP contribution in [-0.2, 0) is 0 Å². The quantitative estimate of drug-likeness (QED) is 0.650. The Morgan fingerprint density at radius 2 is 2.06 bits per heavy atom. The molecule has 0 aromatic carbocycles. The summed E-state index contributed by atoms with van der Waals surface area (Å²) in [4.78, 5) is 25.8. The number of nitrogens with zero attached hydrogens (tertiary/aromatic N) is 5. The van der Waals surface area contributed by atoms with Crippen LogP contribution in [0.1, 0.15) is 27.2 Å². The lowest BCUT2D eigenvalue weighted by molar-refractivity contribution is -0.0842. The zero-order chi connectivity index (χ0) is 22.4. The summed E-state index contributed by atoms with van der Waals surface area (Å²) in [6.45, 7) is 4.85. The van der Waals surface area contributed by atoms with Crippen molar-refractivity contribution in [1.29, 1.82) is 0 Å². The van der Waals surface area contributed by atoms with Gasteiger partial charge in [0.2, 0.25) is 0 Å². The maximum absolute atomic E-state index is 14.2. The van der Waals surface area contributed by atoms with E-state index in [1.54, 1.807) is 33.2 Å². The number of halogens is 2. The smallest absolute Gasteiger partial charge is 0.408 e. The van der Waals surface area contributed by atoms with Gasteiger partial charge in [0, 0.05) is 18.8 Å². The highest BCUT2D eigenvalue weighted by molar-refractivity contribution is 5.68. The van der Waals surface area contributed by atoms with Gasteiger partial charge in [-0.1, -0.05) is 26.8 Å². The lowest BCUT2D eigenvalue weighted by Gasteiger charge is -2.46. The van der Waals surface area contributed by atoms with E-state index < -0.39 is 29.5 Å². The zero-order valence-electron chi connectivity index (χ0n) is 17.5. The van der Waals surface area contributed by atoms with Crippen molar-refractivity contribution in [3.8, 4) is 11.4 Å². The Morgan fingerprint density at radius 1 is 1.29 bits per heavy atom. The number of hydrogen-bond acceptors (Lipinski definition) is 5. The molecule has 3 aromatic rings. The van der Waals surface area contributed by atoms with Gasteiger partial charge in [0.05, 0.1) is 24.3 Å². The number of aromatic nitrogens is 4. The molecule has 2 atom stereocenters. The molecular formula is C21H24F2N6O2. The van der Waals surface area contributed by atoms with Crippen LogP contribution in [0.25, 0.3) is 17.0 Å². The maximum atomic E-state index is 14.2. The van der Waals surface area contributed by atoms with Crippen molar-refractivity contribution in [1.82, 2.24) is 24.3 Å². The van der Waals surface area contributed by atoms with E-state index in [4.69, 9.17) is 0 Å². The van der Waals surface area contributed by atoms with E-state index >= 15 is 0 Å². The molecule has 1 aliphatic heterocycles. The summed E-state index contributed by atoms with van der Waals surface area (Å²) in [5.41, 5.74) is -0.699. The normalized spacial score (nSPS) is 21.7. The third kappa shape index (κ3) is 3.45. The second kappa shape index (κ2) is 7.44. The van der Waals surface area contributed by atoms with E-state index in [2.05, 4.69) is 20.3 Å². The molecule has 31 heavy (non-hydrogen) atoms. The second-order valence-corrected chi connectivity index (χ2v) is 8.78. The van der Waals surface area contributed by atoms with Crippen LogP contribution in [-0.4, -0.2) is 60.0 Å². The van der Waals surface area contributed by atoms with Gasteiger partial charge >= 0.3 is 6.09 Å². The monoisotopic (exact) mass is 430 g/mol. The summed E-state index contributed by atoms with van der Waals surface area (Å²) in [6, 6.07) is 5.10. The summed E-state index contributed by atoms with van der Waals surface area (Å²) in [5.74, 6) is 0.387. The Bertz CT molecular complexity index is 1110. The van der Waals surface area contributed by atoms with Crippen LogP contribution in [0.5, 0.6) is 0 Å². The van der Waals surface area contributed by atoms with Crippen LogP contribution in [0.3, 0.4) is 0 Å². The third-order valence-electron chi connectivity index (χ3n) is 6.00. The minimum atomic E-state index is -2.83. The highest BCUT2D eigenvalue weighted by Gasteiger charge is 2.60. The van der Waals surface area contributed by atoms with Gasteiger partial charge in [-0.15, -0.1) is 0 Å². The predicted molar refractivity (Wildman–Crippen MR) is 111 cm³/mol. The maximum Gasteiger partial charge on any atom is 0.408 e. The van der Waals surface area contributed by atoms with Crippen LogP contribution < -0.4 is 5.32 Å². The minimum Gasteiger partial charge on any atom is -0.465 e. The number of amides is 1. The number of likely N-dealkylation sites (tertiary alicyclic amines) is 1. The topological polar surface area (TPSA) is 95.7 Å². The predicted octanol–water partition coefficient (Wildman–Crippen LogP) is 4.01. The molecule has 10 heteroatoms. The van der Waals surface area contributed by atoms with E-state index in [1.807, 2.05) is 28.8 Å². The van der Waals surface area contributed by atoms with Gasteiger partial charge < -0.3 is 10.4 Å². The number of anilines is 1. The second-order valence-electron chi connectivity index (χ2n) is 8.78. The molecule has 4 rings (SSSR count). The standard InChI is InChI=1S/C21H24F2N6O2/c1-20(2,3)21(18(22)23)8-13(12-29(21)19(30)31)26-16-11-24-9-14(27-16)15-10-25-17-6-4-5-7-28(15)17/h4-7,9-11,13,18H,8,12H2,1-3H3,(H,26,27)(H,30,31)/t13-,21-/m1/s1. The first-order chi connectivity index (χ1) is 14.6. The molecule has 1 amide bonds. The van der Waals surface area contributed by atoms with Gasteiger partial charge in [-0.2, -0.15) is 0 Å². The number of hydrogen-bond donors (Lipinski definition) is 2. The number of imidazole rings is 1. The highest BCUT2D eigenvalue weighted by atomic mass is 19.3. The fourth-order valence-electron chi connectivity index (χ4n) is 4.41. The average molecular weight is 430 g/mol. The van der Waals surface area contributed by atoms with Crippen molar-refractivity contribution in [2.75, 3.05) is 11.9 Å². The minimum absolute atomic E-state index is 0.0397. The van der Waals surface area contributed by atoms with Crippen LogP contribution in [0.2, 0.25) is 0 Å². The van der Waals surface area contributed by atoms with Crippen LogP contribution in [0, 0.1) is 5.41 Å². The molecule has 0 radical (unpaired) electrons. The molecule has 2 N–H and O–H groups in total. The van der Waals surface area contributed by atoms with Crippen LogP contribution in [0.15, 0.2) is 43.0 Å². The van der Waals surface area contributed by atoms with Crippen molar-refractivity contribution in [3.05, 3.63) is 43.0 Å². The van der Waals surface area contributed by atoms with Crippen molar-refractivity contribution >= 4 is 17.6 Å².